The van der Waals surface area contributed by atoms with E-state index in [-0.39, 0.29) is 12.4 Å². The monoisotopic (exact) mass is 293 g/mol. The van der Waals surface area contributed by atoms with E-state index in [0.717, 1.165) is 17.6 Å². The Hall–Kier alpha value is -1.90. The molecule has 0 radical (unpaired) electrons. The lowest BCUT2D eigenvalue weighted by atomic mass is 10.2. The van der Waals surface area contributed by atoms with Crippen LogP contribution in [0, 0.1) is 5.82 Å². The van der Waals surface area contributed by atoms with Gasteiger partial charge in [0, 0.05) is 11.5 Å². The summed E-state index contributed by atoms with van der Waals surface area (Å²) in [6.45, 7) is -0.134. The maximum absolute atomic E-state index is 13.0. The number of anilines is 1. The number of halogens is 4. The summed E-state index contributed by atoms with van der Waals surface area (Å²) in [5, 5.41) is 3.96. The quantitative estimate of drug-likeness (QED) is 0.884. The van der Waals surface area contributed by atoms with E-state index in [1.807, 2.05) is 0 Å². The first-order valence-corrected chi connectivity index (χ1v) is 5.71. The molecule has 2 N–H and O–H groups in total. The van der Waals surface area contributed by atoms with Crippen LogP contribution >= 0.6 is 11.5 Å². The third kappa shape index (κ3) is 3.11. The van der Waals surface area contributed by atoms with Crippen molar-refractivity contribution in [1.29, 1.82) is 0 Å². The van der Waals surface area contributed by atoms with Gasteiger partial charge in [-0.1, -0.05) is 4.49 Å². The number of rotatable bonds is 3. The van der Waals surface area contributed by atoms with Gasteiger partial charge in [0.2, 0.25) is 0 Å². The largest absolute Gasteiger partial charge is 0.487 e. The van der Waals surface area contributed by atoms with E-state index >= 15 is 0 Å². The van der Waals surface area contributed by atoms with Crippen molar-refractivity contribution in [3.05, 3.63) is 35.3 Å². The molecule has 1 aromatic carbocycles. The van der Waals surface area contributed by atoms with E-state index < -0.39 is 17.6 Å². The lowest BCUT2D eigenvalue weighted by molar-refractivity contribution is -0.140. The second-order valence-corrected chi connectivity index (χ2v) is 4.30. The summed E-state index contributed by atoms with van der Waals surface area (Å²) >= 11 is 0.946. The van der Waals surface area contributed by atoms with Gasteiger partial charge in [0.15, 0.2) is 0 Å². The summed E-state index contributed by atoms with van der Waals surface area (Å²) in [4.78, 5) is 0. The van der Waals surface area contributed by atoms with Crippen LogP contribution in [0.15, 0.2) is 18.2 Å². The van der Waals surface area contributed by atoms with E-state index in [1.165, 1.54) is 0 Å². The van der Waals surface area contributed by atoms with Crippen LogP contribution in [0.5, 0.6) is 5.75 Å². The zero-order valence-corrected chi connectivity index (χ0v) is 10.1. The molecule has 0 atom stereocenters. The third-order valence-corrected chi connectivity index (χ3v) is 2.80. The topological polar surface area (TPSA) is 61.0 Å². The molecule has 0 amide bonds. The molecule has 9 heteroatoms. The smallest absolute Gasteiger partial charge is 0.419 e. The van der Waals surface area contributed by atoms with Gasteiger partial charge in [-0.25, -0.2) is 4.39 Å². The number of ether oxygens (including phenoxy) is 1. The van der Waals surface area contributed by atoms with Crippen molar-refractivity contribution in [2.45, 2.75) is 12.8 Å². The van der Waals surface area contributed by atoms with E-state index in [0.29, 0.717) is 22.8 Å². The number of hydrogen-bond acceptors (Lipinski definition) is 5. The second-order valence-electron chi connectivity index (χ2n) is 3.51. The zero-order valence-electron chi connectivity index (χ0n) is 9.24. The molecule has 0 saturated heterocycles. The Balaban J connectivity index is 2.16. The highest BCUT2D eigenvalue weighted by molar-refractivity contribution is 7.09. The first-order chi connectivity index (χ1) is 8.88. The number of alkyl halides is 3. The minimum atomic E-state index is -4.77. The van der Waals surface area contributed by atoms with Crippen molar-refractivity contribution in [3.63, 3.8) is 0 Å². The molecule has 1 heterocycles. The summed E-state index contributed by atoms with van der Waals surface area (Å²) < 4.78 is 59.1. The van der Waals surface area contributed by atoms with Crippen molar-refractivity contribution < 1.29 is 22.3 Å². The summed E-state index contributed by atoms with van der Waals surface area (Å²) in [5.74, 6) is -1.48. The molecule has 2 aromatic rings. The number of nitrogens with two attached hydrogens (primary N) is 1. The van der Waals surface area contributed by atoms with E-state index in [1.54, 1.807) is 0 Å². The molecule has 19 heavy (non-hydrogen) atoms. The molecule has 0 bridgehead atoms. The molecule has 0 saturated carbocycles. The fraction of sp³-hybridized carbons (Fsp3) is 0.200. The zero-order chi connectivity index (χ0) is 14.0. The van der Waals surface area contributed by atoms with Crippen LogP contribution < -0.4 is 10.5 Å². The van der Waals surface area contributed by atoms with Gasteiger partial charge in [-0.2, -0.15) is 13.2 Å². The van der Waals surface area contributed by atoms with Crippen molar-refractivity contribution in [2.24, 2.45) is 0 Å². The van der Waals surface area contributed by atoms with Gasteiger partial charge in [-0.05, 0) is 18.2 Å². The van der Waals surface area contributed by atoms with Crippen LogP contribution in [0.3, 0.4) is 0 Å². The highest BCUT2D eigenvalue weighted by Gasteiger charge is 2.34. The molecule has 0 fully saturated rings. The average Bonchev–Trinajstić information content (AvgIpc) is 2.72. The van der Waals surface area contributed by atoms with Crippen molar-refractivity contribution in [2.75, 3.05) is 5.73 Å². The maximum atomic E-state index is 13.0. The Morgan fingerprint density at radius 3 is 2.63 bits per heavy atom. The standard InChI is InChI=1S/C10H7F4N3OS/c11-7-2-1-5(3-6(7)10(12,13)14)18-4-8-9(15)19-17-16-8/h1-3H,4,15H2. The number of hydrogen-bond donors (Lipinski definition) is 1. The van der Waals surface area contributed by atoms with E-state index in [9.17, 15) is 17.6 Å². The highest BCUT2D eigenvalue weighted by Crippen LogP contribution is 2.33. The van der Waals surface area contributed by atoms with Gasteiger partial charge >= 0.3 is 6.18 Å². The Labute approximate surface area is 109 Å². The summed E-state index contributed by atoms with van der Waals surface area (Å²) in [5.41, 5.74) is 4.44. The molecular weight excluding hydrogens is 286 g/mol. The molecular formula is C10H7F4N3OS. The fourth-order valence-corrected chi connectivity index (χ4v) is 1.71. The minimum Gasteiger partial charge on any atom is -0.487 e. The number of nitrogen functional groups attached to an aromatic ring is 1. The van der Waals surface area contributed by atoms with Crippen molar-refractivity contribution in [3.8, 4) is 5.75 Å². The van der Waals surface area contributed by atoms with Crippen molar-refractivity contribution in [1.82, 2.24) is 9.59 Å². The lowest BCUT2D eigenvalue weighted by Crippen LogP contribution is -2.08. The van der Waals surface area contributed by atoms with E-state index in [4.69, 9.17) is 10.5 Å². The second kappa shape index (κ2) is 5.00. The Morgan fingerprint density at radius 1 is 1.32 bits per heavy atom. The molecule has 102 valence electrons. The van der Waals surface area contributed by atoms with Crippen LogP contribution in [0.4, 0.5) is 22.6 Å². The molecule has 1 aromatic heterocycles. The summed E-state index contributed by atoms with van der Waals surface area (Å²) in [7, 11) is 0. The highest BCUT2D eigenvalue weighted by atomic mass is 32.1. The molecule has 2 rings (SSSR count). The predicted octanol–water partition coefficient (Wildman–Crippen LogP) is 2.86. The van der Waals surface area contributed by atoms with Crippen LogP contribution in [0.25, 0.3) is 0 Å². The molecule has 0 unspecified atom stereocenters. The Morgan fingerprint density at radius 2 is 2.05 bits per heavy atom. The Bertz CT molecular complexity index is 584. The average molecular weight is 293 g/mol. The van der Waals surface area contributed by atoms with Gasteiger partial charge in [0.25, 0.3) is 0 Å². The summed E-state index contributed by atoms with van der Waals surface area (Å²) in [6.07, 6.45) is -4.77. The fourth-order valence-electron chi connectivity index (χ4n) is 1.28. The van der Waals surface area contributed by atoms with Gasteiger partial charge in [0.1, 0.15) is 28.9 Å². The number of nitrogens with zero attached hydrogens (tertiary/aromatic N) is 2. The van der Waals surface area contributed by atoms with E-state index in [2.05, 4.69) is 9.59 Å². The summed E-state index contributed by atoms with van der Waals surface area (Å²) in [6, 6.07) is 2.38. The molecule has 0 aliphatic heterocycles. The lowest BCUT2D eigenvalue weighted by Gasteiger charge is -2.10. The van der Waals surface area contributed by atoms with Crippen LogP contribution in [0.2, 0.25) is 0 Å². The van der Waals surface area contributed by atoms with Crippen LogP contribution in [-0.4, -0.2) is 9.59 Å². The normalized spacial score (nSPS) is 11.6. The van der Waals surface area contributed by atoms with Crippen molar-refractivity contribution >= 4 is 16.5 Å². The molecule has 0 aliphatic rings. The van der Waals surface area contributed by atoms with Crippen LogP contribution in [0.1, 0.15) is 11.3 Å². The maximum Gasteiger partial charge on any atom is 0.419 e. The molecule has 0 aliphatic carbocycles. The SMILES string of the molecule is Nc1snnc1COc1ccc(F)c(C(F)(F)F)c1. The molecule has 0 spiro atoms. The minimum absolute atomic E-state index is 0.124. The van der Waals surface area contributed by atoms with Gasteiger partial charge < -0.3 is 10.5 Å². The third-order valence-electron chi connectivity index (χ3n) is 2.20. The van der Waals surface area contributed by atoms with Crippen LogP contribution in [-0.2, 0) is 12.8 Å². The number of aromatic nitrogens is 2. The first-order valence-electron chi connectivity index (χ1n) is 4.94. The Kier molecular flexibility index (Phi) is 3.56. The van der Waals surface area contributed by atoms with Gasteiger partial charge in [-0.15, -0.1) is 5.10 Å². The number of benzene rings is 1. The van der Waals surface area contributed by atoms with Gasteiger partial charge in [-0.3, -0.25) is 0 Å². The first kappa shape index (κ1) is 13.5. The van der Waals surface area contributed by atoms with Gasteiger partial charge in [0.05, 0.1) is 5.56 Å². The molecule has 4 nitrogen and oxygen atoms in total. The predicted molar refractivity (Wildman–Crippen MR) is 60.1 cm³/mol.